The molecule has 1 aromatic rings. The van der Waals surface area contributed by atoms with Gasteiger partial charge in [0.25, 0.3) is 0 Å². The molecule has 1 aromatic carbocycles. The van der Waals surface area contributed by atoms with E-state index in [-0.39, 0.29) is 17.7 Å². The van der Waals surface area contributed by atoms with Crippen LogP contribution in [-0.4, -0.2) is 54.9 Å². The van der Waals surface area contributed by atoms with E-state index in [1.807, 2.05) is 29.2 Å². The molecule has 0 spiro atoms. The van der Waals surface area contributed by atoms with Gasteiger partial charge in [-0.05, 0) is 30.5 Å². The summed E-state index contributed by atoms with van der Waals surface area (Å²) in [6.07, 6.45) is 5.24. The summed E-state index contributed by atoms with van der Waals surface area (Å²) in [5.74, 6) is 0.870. The number of hydrogen-bond acceptors (Lipinski definition) is 3. The molecule has 1 aliphatic heterocycles. The van der Waals surface area contributed by atoms with E-state index in [1.54, 1.807) is 24.2 Å². The van der Waals surface area contributed by atoms with Gasteiger partial charge in [-0.2, -0.15) is 0 Å². The maximum atomic E-state index is 12.8. The highest BCUT2D eigenvalue weighted by molar-refractivity contribution is 5.84. The predicted octanol–water partition coefficient (Wildman–Crippen LogP) is 2.68. The molecule has 140 valence electrons. The number of piperidine rings is 1. The van der Waals surface area contributed by atoms with Gasteiger partial charge >= 0.3 is 0 Å². The van der Waals surface area contributed by atoms with E-state index < -0.39 is 0 Å². The van der Waals surface area contributed by atoms with Gasteiger partial charge in [-0.25, -0.2) is 0 Å². The number of carbonyl (C=O) groups is 2. The summed E-state index contributed by atoms with van der Waals surface area (Å²) < 4.78 is 5.16. The number of likely N-dealkylation sites (tertiary alicyclic amines) is 1. The van der Waals surface area contributed by atoms with Crippen molar-refractivity contribution in [3.8, 4) is 5.75 Å². The molecule has 1 saturated heterocycles. The topological polar surface area (TPSA) is 49.9 Å². The van der Waals surface area contributed by atoms with Crippen LogP contribution in [0, 0.1) is 5.92 Å². The zero-order chi connectivity index (χ0) is 18.9. The van der Waals surface area contributed by atoms with Crippen LogP contribution in [0.2, 0.25) is 0 Å². The van der Waals surface area contributed by atoms with Gasteiger partial charge in [0.15, 0.2) is 0 Å². The number of rotatable bonds is 9. The van der Waals surface area contributed by atoms with Gasteiger partial charge in [-0.15, -0.1) is 13.2 Å². The minimum absolute atomic E-state index is 0.0757. The number of ether oxygens (including phenoxy) is 1. The number of nitrogens with zero attached hydrogens (tertiary/aromatic N) is 2. The second-order valence-corrected chi connectivity index (χ2v) is 6.49. The lowest BCUT2D eigenvalue weighted by Crippen LogP contribution is -2.47. The lowest BCUT2D eigenvalue weighted by molar-refractivity contribution is -0.142. The third kappa shape index (κ3) is 5.22. The van der Waals surface area contributed by atoms with E-state index in [1.165, 1.54) is 0 Å². The lowest BCUT2D eigenvalue weighted by atomic mass is 9.95. The van der Waals surface area contributed by atoms with Gasteiger partial charge in [0.1, 0.15) is 5.75 Å². The molecular formula is C21H28N2O3. The Labute approximate surface area is 155 Å². The van der Waals surface area contributed by atoms with E-state index in [9.17, 15) is 9.59 Å². The fraction of sp³-hybridized carbons (Fsp3) is 0.429. The van der Waals surface area contributed by atoms with Crippen molar-refractivity contribution in [1.29, 1.82) is 0 Å². The smallest absolute Gasteiger partial charge is 0.228 e. The Morgan fingerprint density at radius 2 is 1.92 bits per heavy atom. The first kappa shape index (κ1) is 19.8. The van der Waals surface area contributed by atoms with Gasteiger partial charge in [-0.1, -0.05) is 24.3 Å². The van der Waals surface area contributed by atoms with Crippen LogP contribution in [0.3, 0.4) is 0 Å². The number of benzene rings is 1. The zero-order valence-electron chi connectivity index (χ0n) is 15.5. The van der Waals surface area contributed by atoms with E-state index >= 15 is 0 Å². The molecule has 2 amide bonds. The molecule has 2 rings (SSSR count). The third-order valence-electron chi connectivity index (χ3n) is 4.69. The minimum atomic E-state index is -0.150. The van der Waals surface area contributed by atoms with Crippen LogP contribution in [0.5, 0.6) is 5.75 Å². The van der Waals surface area contributed by atoms with E-state index in [0.717, 1.165) is 17.7 Å². The standard InChI is InChI=1S/C21H28N2O3/c1-4-13-22(14-5-2)21(25)18-8-11-20(24)23(16-18)15-12-17-6-9-19(26-3)10-7-17/h4-7,9-10,18H,1-2,8,11-16H2,3H3. The first-order valence-electron chi connectivity index (χ1n) is 9.00. The number of carbonyl (C=O) groups excluding carboxylic acids is 2. The van der Waals surface area contributed by atoms with Crippen LogP contribution >= 0.6 is 0 Å². The molecule has 0 radical (unpaired) electrons. The Morgan fingerprint density at radius 3 is 2.50 bits per heavy atom. The van der Waals surface area contributed by atoms with Crippen molar-refractivity contribution in [2.75, 3.05) is 33.3 Å². The van der Waals surface area contributed by atoms with Crippen molar-refractivity contribution in [3.05, 3.63) is 55.1 Å². The fourth-order valence-corrected chi connectivity index (χ4v) is 3.21. The van der Waals surface area contributed by atoms with Gasteiger partial charge in [0, 0.05) is 32.6 Å². The minimum Gasteiger partial charge on any atom is -0.497 e. The van der Waals surface area contributed by atoms with E-state index in [0.29, 0.717) is 39.0 Å². The summed E-state index contributed by atoms with van der Waals surface area (Å²) in [6.45, 7) is 9.53. The highest BCUT2D eigenvalue weighted by atomic mass is 16.5. The van der Waals surface area contributed by atoms with Crippen LogP contribution in [0.15, 0.2) is 49.6 Å². The number of methoxy groups -OCH3 is 1. The Bertz CT molecular complexity index is 629. The Hall–Kier alpha value is -2.56. The maximum Gasteiger partial charge on any atom is 0.228 e. The molecule has 1 unspecified atom stereocenters. The highest BCUT2D eigenvalue weighted by Crippen LogP contribution is 2.21. The third-order valence-corrected chi connectivity index (χ3v) is 4.69. The van der Waals surface area contributed by atoms with Crippen molar-refractivity contribution in [2.24, 2.45) is 5.92 Å². The van der Waals surface area contributed by atoms with Crippen LogP contribution in [0.1, 0.15) is 18.4 Å². The van der Waals surface area contributed by atoms with Crippen molar-refractivity contribution in [3.63, 3.8) is 0 Å². The molecule has 0 aromatic heterocycles. The largest absolute Gasteiger partial charge is 0.497 e. The van der Waals surface area contributed by atoms with Gasteiger partial charge in [-0.3, -0.25) is 9.59 Å². The molecule has 5 heteroatoms. The average Bonchev–Trinajstić information content (AvgIpc) is 2.67. The van der Waals surface area contributed by atoms with Crippen molar-refractivity contribution >= 4 is 11.8 Å². The molecule has 1 heterocycles. The molecule has 0 bridgehead atoms. The molecule has 1 aliphatic rings. The predicted molar refractivity (Wildman–Crippen MR) is 103 cm³/mol. The molecule has 1 fully saturated rings. The van der Waals surface area contributed by atoms with E-state index in [2.05, 4.69) is 13.2 Å². The SMILES string of the molecule is C=CCN(CC=C)C(=O)C1CCC(=O)N(CCc2ccc(OC)cc2)C1. The normalized spacial score (nSPS) is 16.9. The molecule has 0 aliphatic carbocycles. The second kappa shape index (κ2) is 9.80. The average molecular weight is 356 g/mol. The van der Waals surface area contributed by atoms with E-state index in [4.69, 9.17) is 4.74 Å². The monoisotopic (exact) mass is 356 g/mol. The van der Waals surface area contributed by atoms with Gasteiger partial charge in [0.2, 0.25) is 11.8 Å². The van der Waals surface area contributed by atoms with Crippen LogP contribution in [0.25, 0.3) is 0 Å². The first-order chi connectivity index (χ1) is 12.6. The Balaban J connectivity index is 1.95. The molecule has 1 atom stereocenters. The lowest BCUT2D eigenvalue weighted by Gasteiger charge is -2.34. The summed E-state index contributed by atoms with van der Waals surface area (Å²) >= 11 is 0. The Kier molecular flexibility index (Phi) is 7.45. The fourth-order valence-electron chi connectivity index (χ4n) is 3.21. The van der Waals surface area contributed by atoms with Crippen molar-refractivity contribution < 1.29 is 14.3 Å². The molecule has 0 saturated carbocycles. The van der Waals surface area contributed by atoms with Gasteiger partial charge in [0.05, 0.1) is 13.0 Å². The molecule has 0 N–H and O–H groups in total. The maximum absolute atomic E-state index is 12.8. The van der Waals surface area contributed by atoms with Gasteiger partial charge < -0.3 is 14.5 Å². The summed E-state index contributed by atoms with van der Waals surface area (Å²) in [4.78, 5) is 28.6. The quantitative estimate of drug-likeness (QED) is 0.639. The molecule has 5 nitrogen and oxygen atoms in total. The highest BCUT2D eigenvalue weighted by Gasteiger charge is 2.32. The summed E-state index contributed by atoms with van der Waals surface area (Å²) in [5.41, 5.74) is 1.15. The molecular weight excluding hydrogens is 328 g/mol. The zero-order valence-corrected chi connectivity index (χ0v) is 15.5. The summed E-state index contributed by atoms with van der Waals surface area (Å²) in [5, 5.41) is 0. The summed E-state index contributed by atoms with van der Waals surface area (Å²) in [6, 6.07) is 7.85. The molecule has 26 heavy (non-hydrogen) atoms. The number of amides is 2. The van der Waals surface area contributed by atoms with Crippen LogP contribution < -0.4 is 4.74 Å². The van der Waals surface area contributed by atoms with Crippen LogP contribution in [0.4, 0.5) is 0 Å². The second-order valence-electron chi connectivity index (χ2n) is 6.49. The Morgan fingerprint density at radius 1 is 1.27 bits per heavy atom. The van der Waals surface area contributed by atoms with Crippen LogP contribution in [-0.2, 0) is 16.0 Å². The summed E-state index contributed by atoms with van der Waals surface area (Å²) in [7, 11) is 1.64. The number of hydrogen-bond donors (Lipinski definition) is 0. The first-order valence-corrected chi connectivity index (χ1v) is 9.00. The van der Waals surface area contributed by atoms with Crippen molar-refractivity contribution in [2.45, 2.75) is 19.3 Å². The van der Waals surface area contributed by atoms with Crippen molar-refractivity contribution in [1.82, 2.24) is 9.80 Å².